The van der Waals surface area contributed by atoms with Crippen LogP contribution < -0.4 is 15.0 Å². The molecule has 0 saturated carbocycles. The molecular formula is C23H30N2O2. The van der Waals surface area contributed by atoms with Gasteiger partial charge in [0.2, 0.25) is 0 Å². The summed E-state index contributed by atoms with van der Waals surface area (Å²) >= 11 is 0. The molecule has 1 N–H and O–H groups in total. The van der Waals surface area contributed by atoms with E-state index < -0.39 is 0 Å². The van der Waals surface area contributed by atoms with Crippen molar-refractivity contribution in [2.24, 2.45) is 5.92 Å². The van der Waals surface area contributed by atoms with E-state index in [-0.39, 0.29) is 18.6 Å². The number of hydrogen-bond donors (Lipinski definition) is 1. The van der Waals surface area contributed by atoms with Gasteiger partial charge < -0.3 is 15.0 Å². The maximum absolute atomic E-state index is 12.2. The second-order valence-electron chi connectivity index (χ2n) is 7.68. The van der Waals surface area contributed by atoms with E-state index in [0.29, 0.717) is 0 Å². The molecule has 1 saturated heterocycles. The van der Waals surface area contributed by atoms with Gasteiger partial charge in [0, 0.05) is 18.8 Å². The lowest BCUT2D eigenvalue weighted by Crippen LogP contribution is -2.34. The van der Waals surface area contributed by atoms with Crippen molar-refractivity contribution in [3.63, 3.8) is 0 Å². The average Bonchev–Trinajstić information content (AvgIpc) is 2.66. The summed E-state index contributed by atoms with van der Waals surface area (Å²) in [7, 11) is 0. The fourth-order valence-corrected chi connectivity index (χ4v) is 3.62. The van der Waals surface area contributed by atoms with Gasteiger partial charge in [0.1, 0.15) is 5.75 Å². The SMILES string of the molecule is Cc1cccc(OCC(=O)NC(C)c2ccc(N3CCCC(C)C3)cc2)c1. The van der Waals surface area contributed by atoms with Crippen molar-refractivity contribution in [1.29, 1.82) is 0 Å². The molecular weight excluding hydrogens is 336 g/mol. The zero-order valence-electron chi connectivity index (χ0n) is 16.6. The number of amides is 1. The summed E-state index contributed by atoms with van der Waals surface area (Å²) in [6.45, 7) is 8.61. The number of benzene rings is 2. The minimum atomic E-state index is -0.113. The molecule has 1 aliphatic heterocycles. The Kier molecular flexibility index (Phi) is 6.38. The molecule has 2 aromatic rings. The van der Waals surface area contributed by atoms with Gasteiger partial charge in [0.15, 0.2) is 6.61 Å². The second-order valence-corrected chi connectivity index (χ2v) is 7.68. The van der Waals surface area contributed by atoms with Crippen LogP contribution in [-0.4, -0.2) is 25.6 Å². The largest absolute Gasteiger partial charge is 0.484 e. The summed E-state index contributed by atoms with van der Waals surface area (Å²) in [5, 5.41) is 3.01. The number of rotatable bonds is 6. The van der Waals surface area contributed by atoms with Crippen molar-refractivity contribution in [3.05, 3.63) is 59.7 Å². The Morgan fingerprint density at radius 2 is 2.04 bits per heavy atom. The Bertz CT molecular complexity index is 757. The highest BCUT2D eigenvalue weighted by Crippen LogP contribution is 2.24. The summed E-state index contributed by atoms with van der Waals surface area (Å²) in [4.78, 5) is 14.6. The number of nitrogens with zero attached hydrogens (tertiary/aromatic N) is 1. The van der Waals surface area contributed by atoms with Crippen molar-refractivity contribution >= 4 is 11.6 Å². The highest BCUT2D eigenvalue weighted by molar-refractivity contribution is 5.78. The van der Waals surface area contributed by atoms with Crippen LogP contribution in [-0.2, 0) is 4.79 Å². The van der Waals surface area contributed by atoms with E-state index in [1.54, 1.807) is 0 Å². The van der Waals surface area contributed by atoms with Gasteiger partial charge in [0.25, 0.3) is 5.91 Å². The third-order valence-electron chi connectivity index (χ3n) is 5.15. The van der Waals surface area contributed by atoms with E-state index in [0.717, 1.165) is 35.9 Å². The van der Waals surface area contributed by atoms with Gasteiger partial charge in [-0.3, -0.25) is 4.79 Å². The highest BCUT2D eigenvalue weighted by atomic mass is 16.5. The predicted molar refractivity (Wildman–Crippen MR) is 110 cm³/mol. The minimum absolute atomic E-state index is 0.0253. The van der Waals surface area contributed by atoms with E-state index in [1.807, 2.05) is 38.1 Å². The molecule has 3 rings (SSSR count). The summed E-state index contributed by atoms with van der Waals surface area (Å²) in [6.07, 6.45) is 2.58. The fraction of sp³-hybridized carbons (Fsp3) is 0.435. The first-order valence-electron chi connectivity index (χ1n) is 9.85. The molecule has 2 aromatic carbocycles. The van der Waals surface area contributed by atoms with Crippen molar-refractivity contribution in [1.82, 2.24) is 5.32 Å². The topological polar surface area (TPSA) is 41.6 Å². The van der Waals surface area contributed by atoms with Crippen molar-refractivity contribution in [2.75, 3.05) is 24.6 Å². The molecule has 4 nitrogen and oxygen atoms in total. The first kappa shape index (κ1) is 19.3. The monoisotopic (exact) mass is 366 g/mol. The van der Waals surface area contributed by atoms with Crippen LogP contribution in [0.3, 0.4) is 0 Å². The van der Waals surface area contributed by atoms with E-state index in [9.17, 15) is 4.79 Å². The molecule has 1 fully saturated rings. The quantitative estimate of drug-likeness (QED) is 0.819. The van der Waals surface area contributed by atoms with Crippen LogP contribution in [0.4, 0.5) is 5.69 Å². The second kappa shape index (κ2) is 8.94. The molecule has 0 bridgehead atoms. The smallest absolute Gasteiger partial charge is 0.258 e. The van der Waals surface area contributed by atoms with Crippen LogP contribution in [0.25, 0.3) is 0 Å². The van der Waals surface area contributed by atoms with Crippen LogP contribution in [0.5, 0.6) is 5.75 Å². The van der Waals surface area contributed by atoms with Crippen LogP contribution in [0.1, 0.15) is 43.9 Å². The minimum Gasteiger partial charge on any atom is -0.484 e. The number of aryl methyl sites for hydroxylation is 1. The molecule has 1 aliphatic rings. The number of carbonyl (C=O) groups is 1. The first-order valence-corrected chi connectivity index (χ1v) is 9.85. The van der Waals surface area contributed by atoms with E-state index in [2.05, 4.69) is 41.4 Å². The van der Waals surface area contributed by atoms with Gasteiger partial charge in [-0.1, -0.05) is 31.2 Å². The molecule has 2 unspecified atom stereocenters. The van der Waals surface area contributed by atoms with Gasteiger partial charge in [-0.05, 0) is 68.0 Å². The number of anilines is 1. The van der Waals surface area contributed by atoms with Crippen LogP contribution in [0.2, 0.25) is 0 Å². The molecule has 1 heterocycles. The summed E-state index contributed by atoms with van der Waals surface area (Å²) in [5.41, 5.74) is 3.49. The number of hydrogen-bond acceptors (Lipinski definition) is 3. The number of carbonyl (C=O) groups excluding carboxylic acids is 1. The summed E-state index contributed by atoms with van der Waals surface area (Å²) in [6, 6.07) is 16.2. The van der Waals surface area contributed by atoms with Crippen molar-refractivity contribution in [3.8, 4) is 5.75 Å². The Labute approximate surface area is 162 Å². The normalized spacial score (nSPS) is 18.0. The van der Waals surface area contributed by atoms with Crippen LogP contribution in [0, 0.1) is 12.8 Å². The van der Waals surface area contributed by atoms with E-state index in [4.69, 9.17) is 4.74 Å². The molecule has 0 aliphatic carbocycles. The van der Waals surface area contributed by atoms with Gasteiger partial charge >= 0.3 is 0 Å². The lowest BCUT2D eigenvalue weighted by molar-refractivity contribution is -0.123. The van der Waals surface area contributed by atoms with Crippen LogP contribution >= 0.6 is 0 Å². The van der Waals surface area contributed by atoms with Crippen LogP contribution in [0.15, 0.2) is 48.5 Å². The van der Waals surface area contributed by atoms with Gasteiger partial charge in [-0.2, -0.15) is 0 Å². The molecule has 0 spiro atoms. The molecule has 27 heavy (non-hydrogen) atoms. The Hall–Kier alpha value is -2.49. The lowest BCUT2D eigenvalue weighted by Gasteiger charge is -2.33. The molecule has 4 heteroatoms. The number of ether oxygens (including phenoxy) is 1. The van der Waals surface area contributed by atoms with Gasteiger partial charge in [0.05, 0.1) is 6.04 Å². The zero-order chi connectivity index (χ0) is 19.2. The zero-order valence-corrected chi connectivity index (χ0v) is 16.6. The number of piperidine rings is 1. The van der Waals surface area contributed by atoms with Gasteiger partial charge in [-0.15, -0.1) is 0 Å². The van der Waals surface area contributed by atoms with E-state index in [1.165, 1.54) is 18.5 Å². The summed E-state index contributed by atoms with van der Waals surface area (Å²) < 4.78 is 5.58. The molecule has 2 atom stereocenters. The molecule has 1 amide bonds. The van der Waals surface area contributed by atoms with E-state index >= 15 is 0 Å². The Morgan fingerprint density at radius 1 is 1.26 bits per heavy atom. The maximum Gasteiger partial charge on any atom is 0.258 e. The average molecular weight is 367 g/mol. The van der Waals surface area contributed by atoms with Gasteiger partial charge in [-0.25, -0.2) is 0 Å². The number of nitrogens with one attached hydrogen (secondary N) is 1. The maximum atomic E-state index is 12.2. The Morgan fingerprint density at radius 3 is 2.74 bits per heavy atom. The molecule has 0 aromatic heterocycles. The summed E-state index contributed by atoms with van der Waals surface area (Å²) in [5.74, 6) is 1.36. The van der Waals surface area contributed by atoms with Crippen molar-refractivity contribution in [2.45, 2.75) is 39.7 Å². The first-order chi connectivity index (χ1) is 13.0. The third-order valence-corrected chi connectivity index (χ3v) is 5.15. The molecule has 144 valence electrons. The lowest BCUT2D eigenvalue weighted by atomic mass is 9.99. The standard InChI is InChI=1S/C23H30N2O2/c1-17-6-4-8-22(14-17)27-16-23(26)24-19(3)20-9-11-21(12-10-20)25-13-5-7-18(2)15-25/h4,6,8-12,14,18-19H,5,7,13,15-16H2,1-3H3,(H,24,26). The predicted octanol–water partition coefficient (Wildman–Crippen LogP) is 4.49. The Balaban J connectivity index is 1.51. The van der Waals surface area contributed by atoms with Crippen molar-refractivity contribution < 1.29 is 9.53 Å². The molecule has 0 radical (unpaired) electrons. The fourth-order valence-electron chi connectivity index (χ4n) is 3.62. The third kappa shape index (κ3) is 5.49. The highest BCUT2D eigenvalue weighted by Gasteiger charge is 2.17.